The van der Waals surface area contributed by atoms with Crippen LogP contribution in [0.1, 0.15) is 25.7 Å². The Balaban J connectivity index is 1.80. The Hall–Kier alpha value is -1.67. The lowest BCUT2D eigenvalue weighted by atomic mass is 10.3. The molecule has 6 nitrogen and oxygen atoms in total. The number of hydrogen-bond donors (Lipinski definition) is 3. The molecule has 4 N–H and O–H groups in total. The van der Waals surface area contributed by atoms with E-state index < -0.39 is 15.8 Å². The van der Waals surface area contributed by atoms with E-state index in [0.29, 0.717) is 12.5 Å². The molecule has 0 radical (unpaired) electrons. The molecule has 2 rings (SSSR count). The molecule has 1 amide bonds. The van der Waals surface area contributed by atoms with Gasteiger partial charge in [0.15, 0.2) is 0 Å². The van der Waals surface area contributed by atoms with Gasteiger partial charge < -0.3 is 11.1 Å². The number of carbonyl (C=O) groups excluding carboxylic acids is 1. The van der Waals surface area contributed by atoms with Gasteiger partial charge in [0, 0.05) is 19.0 Å². The van der Waals surface area contributed by atoms with Gasteiger partial charge in [-0.15, -0.1) is 0 Å². The second-order valence-electron chi connectivity index (χ2n) is 5.03. The maximum Gasteiger partial charge on any atom is 0.240 e. The van der Waals surface area contributed by atoms with Crippen molar-refractivity contribution >= 4 is 21.6 Å². The average molecular weight is 315 g/mol. The molecule has 1 aromatic carbocycles. The molecule has 1 aliphatic carbocycles. The van der Waals surface area contributed by atoms with E-state index in [2.05, 4.69) is 10.0 Å². The van der Waals surface area contributed by atoms with Crippen molar-refractivity contribution in [3.05, 3.63) is 24.0 Å². The van der Waals surface area contributed by atoms with E-state index in [-0.39, 0.29) is 29.5 Å². The van der Waals surface area contributed by atoms with Gasteiger partial charge in [0.1, 0.15) is 5.82 Å². The zero-order valence-corrected chi connectivity index (χ0v) is 12.2. The highest BCUT2D eigenvalue weighted by Crippen LogP contribution is 2.19. The molecule has 0 atom stereocenters. The molecule has 0 aliphatic heterocycles. The van der Waals surface area contributed by atoms with Crippen LogP contribution in [0.25, 0.3) is 0 Å². The van der Waals surface area contributed by atoms with Gasteiger partial charge in [-0.25, -0.2) is 17.5 Å². The molecule has 0 saturated heterocycles. The van der Waals surface area contributed by atoms with Crippen molar-refractivity contribution in [3.63, 3.8) is 0 Å². The number of sulfonamides is 1. The van der Waals surface area contributed by atoms with E-state index in [4.69, 9.17) is 5.73 Å². The summed E-state index contributed by atoms with van der Waals surface area (Å²) in [5.74, 6) is -0.850. The Morgan fingerprint density at radius 1 is 1.38 bits per heavy atom. The fourth-order valence-corrected chi connectivity index (χ4v) is 2.83. The largest absolute Gasteiger partial charge is 0.396 e. The second kappa shape index (κ2) is 6.40. The van der Waals surface area contributed by atoms with Crippen molar-refractivity contribution < 1.29 is 17.6 Å². The molecule has 1 aliphatic rings. The lowest BCUT2D eigenvalue weighted by molar-refractivity contribution is -0.121. The number of carbonyl (C=O) groups is 1. The van der Waals surface area contributed by atoms with Gasteiger partial charge in [0.25, 0.3) is 0 Å². The zero-order chi connectivity index (χ0) is 15.5. The van der Waals surface area contributed by atoms with Crippen LogP contribution in [0.5, 0.6) is 0 Å². The number of benzene rings is 1. The molecule has 21 heavy (non-hydrogen) atoms. The van der Waals surface area contributed by atoms with Gasteiger partial charge in [-0.1, -0.05) is 0 Å². The van der Waals surface area contributed by atoms with Gasteiger partial charge in [-0.2, -0.15) is 0 Å². The molecule has 1 fully saturated rings. The Bertz CT molecular complexity index is 630. The molecule has 0 heterocycles. The zero-order valence-electron chi connectivity index (χ0n) is 11.4. The third-order valence-corrected chi connectivity index (χ3v) is 4.56. The van der Waals surface area contributed by atoms with Crippen LogP contribution in [0, 0.1) is 5.82 Å². The summed E-state index contributed by atoms with van der Waals surface area (Å²) in [4.78, 5) is 11.2. The molecular weight excluding hydrogens is 297 g/mol. The first-order chi connectivity index (χ1) is 9.88. The number of nitrogens with two attached hydrogens (primary N) is 1. The van der Waals surface area contributed by atoms with Crippen molar-refractivity contribution in [1.82, 2.24) is 10.0 Å². The molecule has 1 aromatic rings. The summed E-state index contributed by atoms with van der Waals surface area (Å²) in [5, 5.41) is 2.82. The third-order valence-electron chi connectivity index (χ3n) is 3.10. The molecule has 8 heteroatoms. The fraction of sp³-hybridized carbons (Fsp3) is 0.462. The molecule has 0 spiro atoms. The lowest BCUT2D eigenvalue weighted by Crippen LogP contribution is -2.28. The summed E-state index contributed by atoms with van der Waals surface area (Å²) >= 11 is 0. The van der Waals surface area contributed by atoms with E-state index in [1.165, 1.54) is 12.1 Å². The minimum absolute atomic E-state index is 0.0739. The van der Waals surface area contributed by atoms with Crippen LogP contribution < -0.4 is 15.8 Å². The average Bonchev–Trinajstić information content (AvgIpc) is 3.22. The number of halogens is 1. The second-order valence-corrected chi connectivity index (χ2v) is 6.79. The topological polar surface area (TPSA) is 101 Å². The SMILES string of the molecule is Nc1ccc(S(=O)(=O)NCCCC(=O)NC2CC2)cc1F. The van der Waals surface area contributed by atoms with E-state index in [1.54, 1.807) is 0 Å². The van der Waals surface area contributed by atoms with Crippen molar-refractivity contribution in [1.29, 1.82) is 0 Å². The predicted octanol–water partition coefficient (Wildman–Crippen LogP) is 0.745. The van der Waals surface area contributed by atoms with Crippen molar-refractivity contribution in [2.45, 2.75) is 36.6 Å². The Morgan fingerprint density at radius 3 is 2.71 bits per heavy atom. The van der Waals surface area contributed by atoms with Crippen LogP contribution in [0.4, 0.5) is 10.1 Å². The normalized spacial score (nSPS) is 14.9. The first-order valence-electron chi connectivity index (χ1n) is 6.72. The van der Waals surface area contributed by atoms with Crippen LogP contribution in [0.3, 0.4) is 0 Å². The van der Waals surface area contributed by atoms with E-state index in [0.717, 1.165) is 18.9 Å². The Labute approximate surface area is 123 Å². The first-order valence-corrected chi connectivity index (χ1v) is 8.21. The summed E-state index contributed by atoms with van der Waals surface area (Å²) in [6.07, 6.45) is 2.67. The Morgan fingerprint density at radius 2 is 2.10 bits per heavy atom. The van der Waals surface area contributed by atoms with Crippen molar-refractivity contribution in [2.24, 2.45) is 0 Å². The van der Waals surface area contributed by atoms with Gasteiger partial charge in [0.05, 0.1) is 10.6 Å². The summed E-state index contributed by atoms with van der Waals surface area (Å²) in [7, 11) is -3.79. The van der Waals surface area contributed by atoms with Gasteiger partial charge >= 0.3 is 0 Å². The summed E-state index contributed by atoms with van der Waals surface area (Å²) in [5.41, 5.74) is 5.19. The smallest absolute Gasteiger partial charge is 0.240 e. The van der Waals surface area contributed by atoms with Gasteiger partial charge in [-0.05, 0) is 37.5 Å². The first kappa shape index (κ1) is 15.7. The molecule has 1 saturated carbocycles. The maximum absolute atomic E-state index is 13.3. The van der Waals surface area contributed by atoms with Crippen LogP contribution >= 0.6 is 0 Å². The minimum Gasteiger partial charge on any atom is -0.396 e. The van der Waals surface area contributed by atoms with E-state index in [1.807, 2.05) is 0 Å². The molecule has 0 unspecified atom stereocenters. The highest BCUT2D eigenvalue weighted by Gasteiger charge is 2.23. The van der Waals surface area contributed by atoms with Crippen molar-refractivity contribution in [2.75, 3.05) is 12.3 Å². The van der Waals surface area contributed by atoms with Crippen LogP contribution in [-0.4, -0.2) is 26.9 Å². The number of nitrogens with one attached hydrogen (secondary N) is 2. The van der Waals surface area contributed by atoms with E-state index in [9.17, 15) is 17.6 Å². The fourth-order valence-electron chi connectivity index (χ4n) is 1.74. The number of nitrogen functional groups attached to an aromatic ring is 1. The highest BCUT2D eigenvalue weighted by atomic mass is 32.2. The number of hydrogen-bond acceptors (Lipinski definition) is 4. The quantitative estimate of drug-likeness (QED) is 0.510. The molecule has 0 bridgehead atoms. The monoisotopic (exact) mass is 315 g/mol. The lowest BCUT2D eigenvalue weighted by Gasteiger charge is -2.08. The molecular formula is C13H18FN3O3S. The highest BCUT2D eigenvalue weighted by molar-refractivity contribution is 7.89. The van der Waals surface area contributed by atoms with Crippen molar-refractivity contribution in [3.8, 4) is 0 Å². The minimum atomic E-state index is -3.79. The molecule has 116 valence electrons. The Kier molecular flexibility index (Phi) is 4.79. The summed E-state index contributed by atoms with van der Waals surface area (Å²) in [6.45, 7) is 0.117. The van der Waals surface area contributed by atoms with Crippen LogP contribution in [0.15, 0.2) is 23.1 Å². The number of anilines is 1. The van der Waals surface area contributed by atoms with Crippen LogP contribution in [0.2, 0.25) is 0 Å². The summed E-state index contributed by atoms with van der Waals surface area (Å²) < 4.78 is 39.4. The van der Waals surface area contributed by atoms with Crippen LogP contribution in [-0.2, 0) is 14.8 Å². The molecule has 0 aromatic heterocycles. The third kappa shape index (κ3) is 4.68. The van der Waals surface area contributed by atoms with E-state index >= 15 is 0 Å². The summed E-state index contributed by atoms with van der Waals surface area (Å²) in [6, 6.07) is 3.61. The maximum atomic E-state index is 13.3. The number of rotatable bonds is 7. The van der Waals surface area contributed by atoms with Gasteiger partial charge in [-0.3, -0.25) is 4.79 Å². The standard InChI is InChI=1S/C13H18FN3O3S/c14-11-8-10(5-6-12(11)15)21(19,20)16-7-1-2-13(18)17-9-3-4-9/h5-6,8-9,16H,1-4,7,15H2,(H,17,18). The van der Waals surface area contributed by atoms with Gasteiger partial charge in [0.2, 0.25) is 15.9 Å². The predicted molar refractivity (Wildman–Crippen MR) is 76.4 cm³/mol. The number of amides is 1.